The van der Waals surface area contributed by atoms with Crippen LogP contribution in [0.1, 0.15) is 13.8 Å². The molecule has 2 amide bonds. The van der Waals surface area contributed by atoms with Crippen molar-refractivity contribution in [1.29, 1.82) is 0 Å². The number of amides is 2. The van der Waals surface area contributed by atoms with Gasteiger partial charge in [-0.3, -0.25) is 9.59 Å². The van der Waals surface area contributed by atoms with Gasteiger partial charge in [0, 0.05) is 6.26 Å². The van der Waals surface area contributed by atoms with Crippen LogP contribution in [-0.2, 0) is 19.4 Å². The molecule has 0 rings (SSSR count). The number of aliphatic hydroxyl groups is 1. The van der Waals surface area contributed by atoms with Gasteiger partial charge in [-0.2, -0.15) is 0 Å². The summed E-state index contributed by atoms with van der Waals surface area (Å²) in [5.74, 6) is -1.78. The molecular formula is C8H16N2O5S. The Labute approximate surface area is 93.9 Å². The zero-order valence-corrected chi connectivity index (χ0v) is 10.2. The quantitative estimate of drug-likeness (QED) is 0.510. The fourth-order valence-electron chi connectivity index (χ4n) is 0.671. The molecule has 0 aromatic rings. The fraction of sp³-hybridized carbons (Fsp3) is 0.750. The molecule has 4 N–H and O–H groups in total. The molecule has 0 bridgehead atoms. The van der Waals surface area contributed by atoms with Gasteiger partial charge in [0.05, 0.1) is 6.54 Å². The summed E-state index contributed by atoms with van der Waals surface area (Å²) in [6.07, 6.45) is -0.601. The van der Waals surface area contributed by atoms with Crippen molar-refractivity contribution in [2.24, 2.45) is 5.73 Å². The van der Waals surface area contributed by atoms with Crippen molar-refractivity contribution in [1.82, 2.24) is 5.32 Å². The van der Waals surface area contributed by atoms with E-state index in [1.54, 1.807) is 0 Å². The first-order valence-electron chi connectivity index (χ1n) is 4.45. The third kappa shape index (κ3) is 3.46. The van der Waals surface area contributed by atoms with E-state index in [9.17, 15) is 18.0 Å². The molecule has 0 aliphatic rings. The molecule has 1 atom stereocenters. The van der Waals surface area contributed by atoms with Gasteiger partial charge >= 0.3 is 0 Å². The van der Waals surface area contributed by atoms with Crippen LogP contribution in [0.25, 0.3) is 0 Å². The fourth-order valence-corrected chi connectivity index (χ4v) is 1.08. The van der Waals surface area contributed by atoms with Crippen LogP contribution in [0.3, 0.4) is 0 Å². The van der Waals surface area contributed by atoms with Gasteiger partial charge in [0.1, 0.15) is 10.9 Å². The number of carbonyl (C=O) groups excluding carboxylic acids is 2. The zero-order valence-electron chi connectivity index (χ0n) is 9.35. The second kappa shape index (κ2) is 4.79. The van der Waals surface area contributed by atoms with Gasteiger partial charge in [0.2, 0.25) is 11.8 Å². The molecular weight excluding hydrogens is 236 g/mol. The third-order valence-corrected chi connectivity index (χ3v) is 4.30. The molecule has 8 heteroatoms. The number of nitrogens with two attached hydrogens (primary N) is 1. The maximum absolute atomic E-state index is 11.5. The molecule has 0 aliphatic carbocycles. The molecule has 0 saturated heterocycles. The highest BCUT2D eigenvalue weighted by Gasteiger charge is 2.38. The van der Waals surface area contributed by atoms with E-state index in [4.69, 9.17) is 10.8 Å². The minimum Gasteiger partial charge on any atom is -0.381 e. The Kier molecular flexibility index (Phi) is 4.45. The van der Waals surface area contributed by atoms with E-state index in [1.165, 1.54) is 13.8 Å². The average Bonchev–Trinajstić information content (AvgIpc) is 2.11. The number of carbonyl (C=O) groups is 2. The van der Waals surface area contributed by atoms with Gasteiger partial charge in [0.25, 0.3) is 0 Å². The number of aliphatic hydroxyl groups excluding tert-OH is 1. The van der Waals surface area contributed by atoms with Crippen LogP contribution >= 0.6 is 0 Å². The summed E-state index contributed by atoms with van der Waals surface area (Å²) in [5, 5.41) is 11.1. The van der Waals surface area contributed by atoms with Gasteiger partial charge in [-0.25, -0.2) is 8.42 Å². The van der Waals surface area contributed by atoms with E-state index in [-0.39, 0.29) is 0 Å². The number of hydrogen-bond acceptors (Lipinski definition) is 5. The topological polar surface area (TPSA) is 127 Å². The van der Waals surface area contributed by atoms with Crippen LogP contribution in [0.2, 0.25) is 0 Å². The van der Waals surface area contributed by atoms with Gasteiger partial charge < -0.3 is 16.2 Å². The molecule has 0 radical (unpaired) electrons. The highest BCUT2D eigenvalue weighted by atomic mass is 32.2. The molecule has 94 valence electrons. The standard InChI is InChI=1S/C8H16N2O5S/c1-8(2,16(3,14)15)7(13)10-4-5(11)6(9)12/h5,11H,4H2,1-3H3,(H2,9,12)(H,10,13). The molecule has 0 aromatic heterocycles. The lowest BCUT2D eigenvalue weighted by atomic mass is 10.2. The first-order chi connectivity index (χ1) is 7.00. The van der Waals surface area contributed by atoms with E-state index in [0.717, 1.165) is 6.26 Å². The molecule has 0 saturated carbocycles. The van der Waals surface area contributed by atoms with Crippen molar-refractivity contribution in [3.63, 3.8) is 0 Å². The van der Waals surface area contributed by atoms with E-state index >= 15 is 0 Å². The Morgan fingerprint density at radius 2 is 1.88 bits per heavy atom. The molecule has 0 fully saturated rings. The van der Waals surface area contributed by atoms with Gasteiger partial charge in [-0.15, -0.1) is 0 Å². The first kappa shape index (κ1) is 14.8. The van der Waals surface area contributed by atoms with Crippen molar-refractivity contribution in [2.45, 2.75) is 24.7 Å². The Balaban J connectivity index is 4.56. The summed E-state index contributed by atoms with van der Waals surface area (Å²) in [4.78, 5) is 21.9. The Morgan fingerprint density at radius 3 is 2.19 bits per heavy atom. The zero-order chi connectivity index (χ0) is 13.1. The summed E-state index contributed by atoms with van der Waals surface area (Å²) >= 11 is 0. The SMILES string of the molecule is CC(C)(C(=O)NCC(O)C(N)=O)S(C)(=O)=O. The lowest BCUT2D eigenvalue weighted by Gasteiger charge is -2.21. The number of nitrogens with one attached hydrogen (secondary N) is 1. The van der Waals surface area contributed by atoms with Crippen molar-refractivity contribution in [2.75, 3.05) is 12.8 Å². The van der Waals surface area contributed by atoms with E-state index < -0.39 is 39.0 Å². The average molecular weight is 252 g/mol. The Morgan fingerprint density at radius 1 is 1.44 bits per heavy atom. The van der Waals surface area contributed by atoms with E-state index in [0.29, 0.717) is 0 Å². The largest absolute Gasteiger partial charge is 0.381 e. The molecule has 7 nitrogen and oxygen atoms in total. The van der Waals surface area contributed by atoms with Crippen LogP contribution in [0.4, 0.5) is 0 Å². The van der Waals surface area contributed by atoms with E-state index in [2.05, 4.69) is 5.32 Å². The summed E-state index contributed by atoms with van der Waals surface area (Å²) in [7, 11) is -3.58. The molecule has 0 spiro atoms. The van der Waals surface area contributed by atoms with Crippen molar-refractivity contribution in [3.8, 4) is 0 Å². The van der Waals surface area contributed by atoms with Crippen molar-refractivity contribution < 1.29 is 23.1 Å². The van der Waals surface area contributed by atoms with Crippen molar-refractivity contribution >= 4 is 21.7 Å². The van der Waals surface area contributed by atoms with Crippen LogP contribution in [-0.4, -0.2) is 49.0 Å². The maximum Gasteiger partial charge on any atom is 0.248 e. The minimum atomic E-state index is -3.58. The predicted molar refractivity (Wildman–Crippen MR) is 57.1 cm³/mol. The summed E-state index contributed by atoms with van der Waals surface area (Å²) < 4.78 is 20.9. The Bertz CT molecular complexity index is 387. The molecule has 0 heterocycles. The third-order valence-electron chi connectivity index (χ3n) is 2.26. The maximum atomic E-state index is 11.5. The van der Waals surface area contributed by atoms with Gasteiger partial charge in [-0.05, 0) is 13.8 Å². The molecule has 1 unspecified atom stereocenters. The van der Waals surface area contributed by atoms with Crippen molar-refractivity contribution in [3.05, 3.63) is 0 Å². The number of hydrogen-bond donors (Lipinski definition) is 3. The Hall–Kier alpha value is -1.15. The lowest BCUT2D eigenvalue weighted by Crippen LogP contribution is -2.50. The number of sulfone groups is 1. The smallest absolute Gasteiger partial charge is 0.248 e. The van der Waals surface area contributed by atoms with E-state index in [1.807, 2.05) is 0 Å². The minimum absolute atomic E-state index is 0.410. The molecule has 0 aromatic carbocycles. The summed E-state index contributed by atoms with van der Waals surface area (Å²) in [6, 6.07) is 0. The van der Waals surface area contributed by atoms with Crippen LogP contribution < -0.4 is 11.1 Å². The highest BCUT2D eigenvalue weighted by molar-refractivity contribution is 7.92. The summed E-state index contributed by atoms with van der Waals surface area (Å²) in [5.41, 5.74) is 4.76. The second-order valence-corrected chi connectivity index (χ2v) is 6.48. The second-order valence-electron chi connectivity index (χ2n) is 3.91. The normalized spacial score (nSPS) is 14.2. The van der Waals surface area contributed by atoms with Crippen LogP contribution in [0.15, 0.2) is 0 Å². The first-order valence-corrected chi connectivity index (χ1v) is 6.34. The van der Waals surface area contributed by atoms with Crippen LogP contribution in [0, 0.1) is 0 Å². The molecule has 0 aliphatic heterocycles. The molecule has 16 heavy (non-hydrogen) atoms. The number of primary amides is 1. The monoisotopic (exact) mass is 252 g/mol. The predicted octanol–water partition coefficient (Wildman–Crippen LogP) is -2.23. The highest BCUT2D eigenvalue weighted by Crippen LogP contribution is 2.14. The van der Waals surface area contributed by atoms with Gasteiger partial charge in [-0.1, -0.05) is 0 Å². The summed E-state index contributed by atoms with van der Waals surface area (Å²) in [6.45, 7) is 2.05. The van der Waals surface area contributed by atoms with Gasteiger partial charge in [0.15, 0.2) is 9.84 Å². The van der Waals surface area contributed by atoms with Crippen LogP contribution in [0.5, 0.6) is 0 Å². The lowest BCUT2D eigenvalue weighted by molar-refractivity contribution is -0.127. The number of rotatable bonds is 5.